The van der Waals surface area contributed by atoms with Crippen LogP contribution in [0, 0.1) is 16.7 Å². The van der Waals surface area contributed by atoms with Crippen LogP contribution in [-0.4, -0.2) is 17.5 Å². The first-order chi connectivity index (χ1) is 13.3. The molecule has 4 nitrogen and oxygen atoms in total. The summed E-state index contributed by atoms with van der Waals surface area (Å²) in [6, 6.07) is 6.23. The lowest BCUT2D eigenvalue weighted by Gasteiger charge is -2.57. The van der Waals surface area contributed by atoms with Crippen molar-refractivity contribution in [3.8, 4) is 5.75 Å². The Balaban J connectivity index is 1.50. The van der Waals surface area contributed by atoms with Gasteiger partial charge < -0.3 is 9.47 Å². The summed E-state index contributed by atoms with van der Waals surface area (Å²) in [5.74, 6) is 1.53. The Morgan fingerprint density at radius 1 is 1.00 bits per heavy atom. The molecule has 28 heavy (non-hydrogen) atoms. The fourth-order valence-electron chi connectivity index (χ4n) is 7.98. The molecule has 1 aromatic rings. The number of fused-ring (bicyclic) bond motifs is 3. The van der Waals surface area contributed by atoms with Crippen LogP contribution >= 0.6 is 0 Å². The van der Waals surface area contributed by atoms with Gasteiger partial charge in [-0.25, -0.2) is 0 Å². The van der Waals surface area contributed by atoms with Crippen LogP contribution in [-0.2, 0) is 20.7 Å². The average Bonchev–Trinajstić information content (AvgIpc) is 3.03. The SMILES string of the molecule is CC(=O)Oc1ccc2c(c1)CC[C@@H]1[C@@H]2CC[C@]2(C)[C@]3(OC(C)=O)CC[C@@]12CC3. The third-order valence-corrected chi connectivity index (χ3v) is 9.04. The predicted molar refractivity (Wildman–Crippen MR) is 105 cm³/mol. The quantitative estimate of drug-likeness (QED) is 0.537. The second kappa shape index (κ2) is 5.84. The number of rotatable bonds is 2. The fraction of sp³-hybridized carbons (Fsp3) is 0.667. The molecule has 4 heteroatoms. The van der Waals surface area contributed by atoms with Crippen molar-refractivity contribution >= 4 is 11.9 Å². The van der Waals surface area contributed by atoms with E-state index in [1.165, 1.54) is 37.3 Å². The van der Waals surface area contributed by atoms with Crippen molar-refractivity contribution in [1.29, 1.82) is 0 Å². The van der Waals surface area contributed by atoms with Crippen LogP contribution in [0.15, 0.2) is 18.2 Å². The van der Waals surface area contributed by atoms with Crippen LogP contribution in [0.5, 0.6) is 5.75 Å². The van der Waals surface area contributed by atoms with E-state index in [1.807, 2.05) is 6.07 Å². The summed E-state index contributed by atoms with van der Waals surface area (Å²) in [7, 11) is 0. The summed E-state index contributed by atoms with van der Waals surface area (Å²) in [5.41, 5.74) is 2.99. The molecule has 3 fully saturated rings. The standard InChI is InChI=1S/C24H30O4/c1-15(25)27-18-5-6-19-17(14-18)4-7-21-20(19)8-9-22(3)23(21)10-12-24(22,13-11-23)28-16(2)26/h5-6,14,20-21H,4,7-13H2,1-3H3/t20-,21-,22+,23-,24+/m1/s1. The zero-order chi connectivity index (χ0) is 19.7. The van der Waals surface area contributed by atoms with Gasteiger partial charge >= 0.3 is 11.9 Å². The van der Waals surface area contributed by atoms with Gasteiger partial charge in [-0.15, -0.1) is 0 Å². The number of hydrogen-bond donors (Lipinski definition) is 0. The monoisotopic (exact) mass is 382 g/mol. The number of aryl methyl sites for hydroxylation is 1. The summed E-state index contributed by atoms with van der Waals surface area (Å²) < 4.78 is 11.4. The lowest BCUT2D eigenvalue weighted by molar-refractivity contribution is -0.174. The average molecular weight is 383 g/mol. The minimum absolute atomic E-state index is 0.113. The van der Waals surface area contributed by atoms with E-state index < -0.39 is 0 Å². The maximum atomic E-state index is 11.9. The third kappa shape index (κ3) is 2.18. The number of carbonyl (C=O) groups is 2. The molecule has 4 aliphatic carbocycles. The molecule has 5 rings (SSSR count). The van der Waals surface area contributed by atoms with Gasteiger partial charge in [0.1, 0.15) is 11.4 Å². The molecule has 0 radical (unpaired) electrons. The zero-order valence-electron chi connectivity index (χ0n) is 17.2. The van der Waals surface area contributed by atoms with Gasteiger partial charge in [-0.3, -0.25) is 9.59 Å². The van der Waals surface area contributed by atoms with Crippen molar-refractivity contribution in [2.24, 2.45) is 16.7 Å². The first-order valence-corrected chi connectivity index (χ1v) is 10.8. The Morgan fingerprint density at radius 2 is 1.75 bits per heavy atom. The molecule has 1 aromatic carbocycles. The number of esters is 2. The lowest BCUT2D eigenvalue weighted by atomic mass is 9.48. The first kappa shape index (κ1) is 18.2. The Kier molecular flexibility index (Phi) is 3.80. The van der Waals surface area contributed by atoms with Gasteiger partial charge in [0.15, 0.2) is 0 Å². The minimum Gasteiger partial charge on any atom is -0.459 e. The molecule has 0 unspecified atom stereocenters. The highest BCUT2D eigenvalue weighted by Gasteiger charge is 2.75. The summed E-state index contributed by atoms with van der Waals surface area (Å²) in [6.07, 6.45) is 8.97. The molecular weight excluding hydrogens is 352 g/mol. The van der Waals surface area contributed by atoms with Gasteiger partial charge in [-0.05, 0) is 91.9 Å². The van der Waals surface area contributed by atoms with E-state index >= 15 is 0 Å². The maximum absolute atomic E-state index is 11.9. The van der Waals surface area contributed by atoms with Crippen molar-refractivity contribution in [3.63, 3.8) is 0 Å². The van der Waals surface area contributed by atoms with Crippen molar-refractivity contribution < 1.29 is 19.1 Å². The van der Waals surface area contributed by atoms with Gasteiger partial charge in [0.2, 0.25) is 0 Å². The number of ether oxygens (including phenoxy) is 2. The smallest absolute Gasteiger partial charge is 0.308 e. The van der Waals surface area contributed by atoms with Gasteiger partial charge in [0.25, 0.3) is 0 Å². The van der Waals surface area contributed by atoms with Crippen molar-refractivity contribution in [2.45, 2.75) is 83.7 Å². The van der Waals surface area contributed by atoms with Crippen molar-refractivity contribution in [1.82, 2.24) is 0 Å². The van der Waals surface area contributed by atoms with Crippen molar-refractivity contribution in [2.75, 3.05) is 0 Å². The molecule has 2 bridgehead atoms. The van der Waals surface area contributed by atoms with Crippen LogP contribution < -0.4 is 4.74 Å². The van der Waals surface area contributed by atoms with Crippen LogP contribution in [0.25, 0.3) is 0 Å². The summed E-state index contributed by atoms with van der Waals surface area (Å²) in [4.78, 5) is 23.2. The Hall–Kier alpha value is -1.84. The third-order valence-electron chi connectivity index (χ3n) is 9.04. The summed E-state index contributed by atoms with van der Waals surface area (Å²) in [6.45, 7) is 5.44. The van der Waals surface area contributed by atoms with E-state index in [0.29, 0.717) is 23.0 Å². The topological polar surface area (TPSA) is 52.6 Å². The van der Waals surface area contributed by atoms with Crippen molar-refractivity contribution in [3.05, 3.63) is 29.3 Å². The highest BCUT2D eigenvalue weighted by Crippen LogP contribution is 2.78. The Morgan fingerprint density at radius 3 is 2.43 bits per heavy atom. The summed E-state index contributed by atoms with van der Waals surface area (Å²) >= 11 is 0. The summed E-state index contributed by atoms with van der Waals surface area (Å²) in [5, 5.41) is 0. The molecular formula is C24H30O4. The molecule has 0 heterocycles. The first-order valence-electron chi connectivity index (χ1n) is 10.8. The Bertz CT molecular complexity index is 848. The second-order valence-corrected chi connectivity index (χ2v) is 9.82. The Labute approximate surface area is 167 Å². The predicted octanol–water partition coefficient (Wildman–Crippen LogP) is 4.93. The molecule has 0 saturated heterocycles. The zero-order valence-corrected chi connectivity index (χ0v) is 17.2. The van der Waals surface area contributed by atoms with E-state index in [9.17, 15) is 9.59 Å². The highest BCUT2D eigenvalue weighted by atomic mass is 16.6. The molecule has 0 aliphatic heterocycles. The fourth-order valence-corrected chi connectivity index (χ4v) is 7.98. The number of carbonyl (C=O) groups excluding carboxylic acids is 2. The van der Waals surface area contributed by atoms with E-state index in [1.54, 1.807) is 6.92 Å². The normalized spacial score (nSPS) is 40.2. The molecule has 150 valence electrons. The van der Waals surface area contributed by atoms with E-state index in [0.717, 1.165) is 32.1 Å². The van der Waals surface area contributed by atoms with E-state index in [2.05, 4.69) is 19.1 Å². The molecule has 0 spiro atoms. The largest absolute Gasteiger partial charge is 0.459 e. The molecule has 0 aromatic heterocycles. The second-order valence-electron chi connectivity index (χ2n) is 9.82. The minimum atomic E-state index is -0.264. The number of benzene rings is 1. The van der Waals surface area contributed by atoms with Crippen LogP contribution in [0.1, 0.15) is 82.8 Å². The lowest BCUT2D eigenvalue weighted by Crippen LogP contribution is -2.53. The number of hydrogen-bond acceptors (Lipinski definition) is 4. The molecule has 3 saturated carbocycles. The maximum Gasteiger partial charge on any atom is 0.308 e. The van der Waals surface area contributed by atoms with Crippen LogP contribution in [0.3, 0.4) is 0 Å². The van der Waals surface area contributed by atoms with E-state index in [-0.39, 0.29) is 23.0 Å². The van der Waals surface area contributed by atoms with Crippen LogP contribution in [0.4, 0.5) is 0 Å². The molecule has 3 atom stereocenters. The van der Waals surface area contributed by atoms with Gasteiger partial charge in [0.05, 0.1) is 0 Å². The van der Waals surface area contributed by atoms with E-state index in [4.69, 9.17) is 9.47 Å². The molecule has 4 aliphatic rings. The van der Waals surface area contributed by atoms with Crippen LogP contribution in [0.2, 0.25) is 0 Å². The van der Waals surface area contributed by atoms with Gasteiger partial charge in [-0.1, -0.05) is 13.0 Å². The molecule has 0 N–H and O–H groups in total. The van der Waals surface area contributed by atoms with Gasteiger partial charge in [0, 0.05) is 19.3 Å². The van der Waals surface area contributed by atoms with Gasteiger partial charge in [-0.2, -0.15) is 0 Å². The molecule has 0 amide bonds. The highest BCUT2D eigenvalue weighted by molar-refractivity contribution is 5.69.